The summed E-state index contributed by atoms with van der Waals surface area (Å²) in [5, 5.41) is 8.83. The molecule has 0 fully saturated rings. The van der Waals surface area contributed by atoms with Crippen LogP contribution < -0.4 is 31.1 Å². The molecule has 3 aliphatic rings. The third-order valence-corrected chi connectivity index (χ3v) is 18.9. The molecule has 43 heavy (non-hydrogen) atoms. The van der Waals surface area contributed by atoms with Crippen LogP contribution in [0, 0.1) is 0 Å². The summed E-state index contributed by atoms with van der Waals surface area (Å²) >= 11 is 0. The Morgan fingerprint density at radius 1 is 0.372 bits per heavy atom. The number of benzene rings is 6. The molecule has 0 aromatic heterocycles. The first kappa shape index (κ1) is 24.8. The fourth-order valence-electron chi connectivity index (χ4n) is 8.01. The average molecular weight is 579 g/mol. The van der Waals surface area contributed by atoms with Gasteiger partial charge in [-0.25, -0.2) is 0 Å². The maximum Gasteiger partial charge on any atom is 0.173 e. The van der Waals surface area contributed by atoms with Crippen LogP contribution in [0.5, 0.6) is 0 Å². The fraction of sp³-hybridized carbons (Fsp3) is 0.0244. The highest BCUT2D eigenvalue weighted by Crippen LogP contribution is 2.37. The van der Waals surface area contributed by atoms with Gasteiger partial charge in [0.05, 0.1) is 0 Å². The van der Waals surface area contributed by atoms with Gasteiger partial charge >= 0.3 is 0 Å². The zero-order valence-corrected chi connectivity index (χ0v) is 25.9. The molecule has 2 aliphatic heterocycles. The van der Waals surface area contributed by atoms with E-state index < -0.39 is 16.1 Å². The van der Waals surface area contributed by atoms with Gasteiger partial charge in [0.15, 0.2) is 16.1 Å². The molecule has 1 aliphatic carbocycles. The first-order chi connectivity index (χ1) is 21.3. The number of hydrogen-bond acceptors (Lipinski definition) is 0. The first-order valence-corrected chi connectivity index (χ1v) is 19.4. The molecule has 0 amide bonds. The molecule has 202 valence electrons. The van der Waals surface area contributed by atoms with E-state index in [2.05, 4.69) is 169 Å². The molecule has 2 heteroatoms. The standard InChI is InChI=1S/C41H30Si2/c1-3-13-34(14-4-1)42(25-23-30-11-7-9-17-40(30)42)36-21-19-32-27-33-20-22-37(29-39(33)38(32)28-36)43(35-15-5-2-6-16-35)26-24-31-12-8-10-18-41(31)43/h1-26,28-29H,27H2. The van der Waals surface area contributed by atoms with Crippen molar-refractivity contribution in [3.8, 4) is 11.1 Å². The van der Waals surface area contributed by atoms with E-state index in [1.165, 1.54) is 64.5 Å². The second-order valence-electron chi connectivity index (χ2n) is 12.1. The summed E-state index contributed by atoms with van der Waals surface area (Å²) in [7, 11) is -4.61. The molecule has 9 rings (SSSR count). The molecule has 6 aromatic carbocycles. The Kier molecular flexibility index (Phi) is 5.40. The third-order valence-electron chi connectivity index (χ3n) is 10.1. The van der Waals surface area contributed by atoms with Crippen LogP contribution in [0.1, 0.15) is 22.3 Å². The zero-order valence-electron chi connectivity index (χ0n) is 23.9. The quantitative estimate of drug-likeness (QED) is 0.248. The zero-order chi connectivity index (χ0) is 28.4. The molecule has 2 heterocycles. The summed E-state index contributed by atoms with van der Waals surface area (Å²) in [6.07, 6.45) is 5.74. The smallest absolute Gasteiger partial charge is 0.0812 e. The van der Waals surface area contributed by atoms with E-state index in [9.17, 15) is 0 Å². The number of fused-ring (bicyclic) bond motifs is 5. The van der Waals surface area contributed by atoms with E-state index in [0.29, 0.717) is 0 Å². The maximum atomic E-state index is 2.56. The Bertz CT molecular complexity index is 1960. The molecule has 6 aromatic rings. The van der Waals surface area contributed by atoms with Crippen molar-refractivity contribution in [2.75, 3.05) is 0 Å². The lowest BCUT2D eigenvalue weighted by Gasteiger charge is -2.30. The summed E-state index contributed by atoms with van der Waals surface area (Å²) in [6.45, 7) is 0. The predicted octanol–water partition coefficient (Wildman–Crippen LogP) is 5.33. The van der Waals surface area contributed by atoms with Crippen molar-refractivity contribution in [3.05, 3.63) is 179 Å². The van der Waals surface area contributed by atoms with Gasteiger partial charge < -0.3 is 0 Å². The second kappa shape index (κ2) is 9.37. The second-order valence-corrected chi connectivity index (χ2v) is 19.4. The molecule has 2 atom stereocenters. The lowest BCUT2D eigenvalue weighted by Crippen LogP contribution is -2.65. The van der Waals surface area contributed by atoms with Crippen molar-refractivity contribution in [2.24, 2.45) is 0 Å². The SMILES string of the molecule is C1=C[Si](c2ccccc2)(c2ccc3c(c2)-c2cc([Si]4(c5ccccc5)C=Cc5ccccc54)ccc2C3)c2ccccc21. The van der Waals surface area contributed by atoms with E-state index in [0.717, 1.165) is 6.42 Å². The van der Waals surface area contributed by atoms with Crippen molar-refractivity contribution in [1.82, 2.24) is 0 Å². The van der Waals surface area contributed by atoms with Gasteiger partial charge in [-0.2, -0.15) is 0 Å². The van der Waals surface area contributed by atoms with Crippen LogP contribution in [-0.4, -0.2) is 16.1 Å². The van der Waals surface area contributed by atoms with Gasteiger partial charge in [0.25, 0.3) is 0 Å². The minimum Gasteiger partial charge on any atom is -0.0812 e. The normalized spacial score (nSPS) is 20.5. The number of rotatable bonds is 4. The summed E-state index contributed by atoms with van der Waals surface area (Å²) in [6, 6.07) is 55.4. The summed E-state index contributed by atoms with van der Waals surface area (Å²) < 4.78 is 0. The van der Waals surface area contributed by atoms with Crippen molar-refractivity contribution in [1.29, 1.82) is 0 Å². The van der Waals surface area contributed by atoms with Crippen molar-refractivity contribution in [2.45, 2.75) is 6.42 Å². The minimum absolute atomic E-state index is 1.00. The van der Waals surface area contributed by atoms with Gasteiger partial charge in [-0.1, -0.05) is 169 Å². The van der Waals surface area contributed by atoms with Crippen LogP contribution in [-0.2, 0) is 6.42 Å². The van der Waals surface area contributed by atoms with Gasteiger partial charge in [0, 0.05) is 0 Å². The van der Waals surface area contributed by atoms with E-state index in [-0.39, 0.29) is 0 Å². The first-order valence-electron chi connectivity index (χ1n) is 15.2. The van der Waals surface area contributed by atoms with Crippen molar-refractivity contribution in [3.63, 3.8) is 0 Å². The minimum atomic E-state index is -2.31. The van der Waals surface area contributed by atoms with Gasteiger partial charge in [0.2, 0.25) is 0 Å². The molecule has 0 saturated carbocycles. The lowest BCUT2D eigenvalue weighted by molar-refractivity contribution is 1.27. The largest absolute Gasteiger partial charge is 0.173 e. The highest BCUT2D eigenvalue weighted by molar-refractivity contribution is 7.17. The Balaban J connectivity index is 1.25. The van der Waals surface area contributed by atoms with Crippen LogP contribution >= 0.6 is 0 Å². The Labute approximate surface area is 255 Å². The highest BCUT2D eigenvalue weighted by atomic mass is 28.3. The summed E-state index contributed by atoms with van der Waals surface area (Å²) in [5.74, 6) is 0. The predicted molar refractivity (Wildman–Crippen MR) is 188 cm³/mol. The Hall–Kier alpha value is -4.77. The van der Waals surface area contributed by atoms with E-state index in [1.54, 1.807) is 0 Å². The van der Waals surface area contributed by atoms with E-state index in [4.69, 9.17) is 0 Å². The molecule has 0 saturated heterocycles. The molecule has 2 unspecified atom stereocenters. The fourth-order valence-corrected chi connectivity index (χ4v) is 16.7. The molecule has 0 radical (unpaired) electrons. The van der Waals surface area contributed by atoms with Gasteiger partial charge in [-0.05, 0) is 70.9 Å². The van der Waals surface area contributed by atoms with E-state index in [1.807, 2.05) is 0 Å². The lowest BCUT2D eigenvalue weighted by atomic mass is 10.1. The monoisotopic (exact) mass is 578 g/mol. The van der Waals surface area contributed by atoms with Crippen LogP contribution in [0.4, 0.5) is 0 Å². The van der Waals surface area contributed by atoms with Gasteiger partial charge in [0.1, 0.15) is 0 Å². The van der Waals surface area contributed by atoms with Gasteiger partial charge in [-0.3, -0.25) is 0 Å². The Morgan fingerprint density at radius 2 is 0.791 bits per heavy atom. The highest BCUT2D eigenvalue weighted by Gasteiger charge is 2.43. The Morgan fingerprint density at radius 3 is 1.26 bits per heavy atom. The van der Waals surface area contributed by atoms with E-state index >= 15 is 0 Å². The summed E-state index contributed by atoms with van der Waals surface area (Å²) in [5.41, 5.74) is 13.6. The van der Waals surface area contributed by atoms with Crippen molar-refractivity contribution < 1.29 is 0 Å². The molecule has 0 nitrogen and oxygen atoms in total. The third kappa shape index (κ3) is 3.48. The van der Waals surface area contributed by atoms with Crippen LogP contribution in [0.2, 0.25) is 0 Å². The van der Waals surface area contributed by atoms with Crippen LogP contribution in [0.25, 0.3) is 23.3 Å². The number of hydrogen-bond donors (Lipinski definition) is 0. The topological polar surface area (TPSA) is 0 Å². The van der Waals surface area contributed by atoms with Crippen LogP contribution in [0.15, 0.2) is 157 Å². The molecular weight excluding hydrogens is 549 g/mol. The average Bonchev–Trinajstić information content (AvgIpc) is 3.78. The maximum absolute atomic E-state index is 2.56. The van der Waals surface area contributed by atoms with Gasteiger partial charge in [-0.15, -0.1) is 0 Å². The van der Waals surface area contributed by atoms with Crippen molar-refractivity contribution >= 4 is 59.4 Å². The molecule has 0 N–H and O–H groups in total. The summed E-state index contributed by atoms with van der Waals surface area (Å²) in [4.78, 5) is 0. The molecular formula is C41H30Si2. The molecule has 0 bridgehead atoms. The van der Waals surface area contributed by atoms with Crippen LogP contribution in [0.3, 0.4) is 0 Å². The molecule has 0 spiro atoms.